The molecule has 5 nitrogen and oxygen atoms in total. The first-order chi connectivity index (χ1) is 14.2. The summed E-state index contributed by atoms with van der Waals surface area (Å²) in [5.74, 6) is -1.05. The minimum Gasteiger partial charge on any atom is -0.464 e. The Kier molecular flexibility index (Phi) is 4.09. The van der Waals surface area contributed by atoms with Gasteiger partial charge < -0.3 is 15.4 Å². The number of hydrogen-bond acceptors (Lipinski definition) is 3. The lowest BCUT2D eigenvalue weighted by Crippen LogP contribution is -2.62. The van der Waals surface area contributed by atoms with Gasteiger partial charge in [-0.25, -0.2) is 0 Å². The maximum Gasteiger partial charge on any atom is 0.237 e. The molecule has 144 valence electrons. The van der Waals surface area contributed by atoms with Crippen molar-refractivity contribution in [2.45, 2.75) is 18.1 Å². The van der Waals surface area contributed by atoms with E-state index < -0.39 is 11.6 Å². The summed E-state index contributed by atoms with van der Waals surface area (Å²) in [6.45, 7) is 0. The van der Waals surface area contributed by atoms with Crippen LogP contribution < -0.4 is 15.4 Å². The zero-order chi connectivity index (χ0) is 19.8. The molecule has 2 N–H and O–H groups in total. The van der Waals surface area contributed by atoms with Crippen LogP contribution in [0.3, 0.4) is 0 Å². The second-order valence-electron chi connectivity index (χ2n) is 7.47. The minimum absolute atomic E-state index is 0.280. The second kappa shape index (κ2) is 6.78. The largest absolute Gasteiger partial charge is 0.464 e. The smallest absolute Gasteiger partial charge is 0.237 e. The molecule has 2 heterocycles. The number of nitrogens with one attached hydrogen (secondary N) is 2. The maximum absolute atomic E-state index is 13.2. The van der Waals surface area contributed by atoms with Gasteiger partial charge in [0, 0.05) is 23.6 Å². The summed E-state index contributed by atoms with van der Waals surface area (Å²) in [6.07, 6.45) is 0.493. The number of para-hydroxylation sites is 2. The van der Waals surface area contributed by atoms with Gasteiger partial charge in [-0.2, -0.15) is 0 Å². The fraction of sp³-hybridized carbons (Fsp3) is 0.167. The third-order valence-corrected chi connectivity index (χ3v) is 5.68. The molecule has 2 amide bonds. The Morgan fingerprint density at radius 3 is 2.34 bits per heavy atom. The highest BCUT2D eigenvalue weighted by atomic mass is 16.5. The Bertz CT molecular complexity index is 1070. The molecule has 5 rings (SSSR count). The number of piperidine rings is 1. The van der Waals surface area contributed by atoms with Gasteiger partial charge >= 0.3 is 0 Å². The molecule has 0 saturated carbocycles. The van der Waals surface area contributed by atoms with Gasteiger partial charge in [-0.1, -0.05) is 66.7 Å². The minimum atomic E-state index is -0.971. The molecule has 5 heteroatoms. The number of ether oxygens (including phenoxy) is 1. The highest BCUT2D eigenvalue weighted by Crippen LogP contribution is 2.50. The average Bonchev–Trinajstić information content (AvgIpc) is 2.75. The molecule has 2 aliphatic rings. The third-order valence-electron chi connectivity index (χ3n) is 5.68. The Morgan fingerprint density at radius 2 is 1.59 bits per heavy atom. The number of hydrogen-bond donors (Lipinski definition) is 2. The Balaban J connectivity index is 1.56. The van der Waals surface area contributed by atoms with Gasteiger partial charge in [0.15, 0.2) is 0 Å². The molecule has 29 heavy (non-hydrogen) atoms. The van der Waals surface area contributed by atoms with Crippen molar-refractivity contribution in [1.29, 1.82) is 0 Å². The van der Waals surface area contributed by atoms with Crippen molar-refractivity contribution in [3.8, 4) is 5.75 Å². The van der Waals surface area contributed by atoms with Gasteiger partial charge in [0.2, 0.25) is 17.5 Å². The predicted octanol–water partition coefficient (Wildman–Crippen LogP) is 3.79. The van der Waals surface area contributed by atoms with Gasteiger partial charge in [-0.3, -0.25) is 9.59 Å². The lowest BCUT2D eigenvalue weighted by Gasteiger charge is -2.48. The van der Waals surface area contributed by atoms with Gasteiger partial charge in [-0.05, 0) is 23.8 Å². The van der Waals surface area contributed by atoms with Crippen molar-refractivity contribution in [3.05, 3.63) is 96.1 Å². The molecule has 0 radical (unpaired) electrons. The van der Waals surface area contributed by atoms with Crippen LogP contribution in [0.15, 0.2) is 84.9 Å². The number of amides is 2. The monoisotopic (exact) mass is 384 g/mol. The standard InChI is InChI=1S/C24H20N2O3/c27-22(25-17-11-5-2-6-12-17)21-19-15-24(26-23(21)28,16-9-3-1-4-10-16)29-20-14-8-7-13-18(19)20/h1-14,19,21H,15H2,(H,25,27)(H,26,28)/t19-,21-,24-/m1/s1. The van der Waals surface area contributed by atoms with Crippen LogP contribution in [0.1, 0.15) is 23.5 Å². The fourth-order valence-electron chi connectivity index (χ4n) is 4.36. The van der Waals surface area contributed by atoms with Crippen LogP contribution in [-0.4, -0.2) is 11.8 Å². The number of carbonyl (C=O) groups is 2. The van der Waals surface area contributed by atoms with E-state index in [-0.39, 0.29) is 17.7 Å². The van der Waals surface area contributed by atoms with E-state index in [1.807, 2.05) is 84.9 Å². The van der Waals surface area contributed by atoms with E-state index >= 15 is 0 Å². The van der Waals surface area contributed by atoms with Crippen LogP contribution in [0.2, 0.25) is 0 Å². The van der Waals surface area contributed by atoms with Crippen molar-refractivity contribution >= 4 is 17.5 Å². The average molecular weight is 384 g/mol. The zero-order valence-corrected chi connectivity index (χ0v) is 15.7. The normalized spacial score (nSPS) is 24.6. The topological polar surface area (TPSA) is 67.4 Å². The van der Waals surface area contributed by atoms with E-state index in [4.69, 9.17) is 4.74 Å². The molecule has 2 aliphatic heterocycles. The number of carbonyl (C=O) groups excluding carboxylic acids is 2. The summed E-state index contributed by atoms with van der Waals surface area (Å²) in [5.41, 5.74) is 1.46. The SMILES string of the molecule is O=C(Nc1ccccc1)[C@@H]1C(=O)N[C@]2(c3ccccc3)C[C@@H]1c1ccccc1O2. The number of benzene rings is 3. The Labute approximate surface area is 168 Å². The van der Waals surface area contributed by atoms with Crippen LogP contribution >= 0.6 is 0 Å². The molecule has 0 aliphatic carbocycles. The quantitative estimate of drug-likeness (QED) is 0.675. The van der Waals surface area contributed by atoms with Gasteiger partial charge in [-0.15, -0.1) is 0 Å². The Morgan fingerprint density at radius 1 is 0.931 bits per heavy atom. The van der Waals surface area contributed by atoms with Crippen LogP contribution in [-0.2, 0) is 15.3 Å². The summed E-state index contributed by atoms with van der Waals surface area (Å²) in [5, 5.41) is 5.90. The van der Waals surface area contributed by atoms with Crippen molar-refractivity contribution < 1.29 is 14.3 Å². The zero-order valence-electron chi connectivity index (χ0n) is 15.7. The number of fused-ring (bicyclic) bond motifs is 4. The third kappa shape index (κ3) is 2.95. The molecule has 3 atom stereocenters. The fourth-order valence-corrected chi connectivity index (χ4v) is 4.36. The lowest BCUT2D eigenvalue weighted by molar-refractivity contribution is -0.147. The number of rotatable bonds is 3. The summed E-state index contributed by atoms with van der Waals surface area (Å²) in [4.78, 5) is 26.3. The van der Waals surface area contributed by atoms with E-state index in [0.717, 1.165) is 11.1 Å². The molecule has 3 aromatic rings. The van der Waals surface area contributed by atoms with Crippen LogP contribution in [0, 0.1) is 5.92 Å². The summed E-state index contributed by atoms with van der Waals surface area (Å²) >= 11 is 0. The van der Waals surface area contributed by atoms with E-state index in [1.165, 1.54) is 0 Å². The van der Waals surface area contributed by atoms with E-state index in [9.17, 15) is 9.59 Å². The number of anilines is 1. The highest BCUT2D eigenvalue weighted by Gasteiger charge is 2.54. The van der Waals surface area contributed by atoms with Crippen LogP contribution in [0.5, 0.6) is 5.75 Å². The van der Waals surface area contributed by atoms with Crippen LogP contribution in [0.25, 0.3) is 0 Å². The molecule has 0 aromatic heterocycles. The lowest BCUT2D eigenvalue weighted by atomic mass is 9.72. The first-order valence-corrected chi connectivity index (χ1v) is 9.68. The van der Waals surface area contributed by atoms with Gasteiger partial charge in [0.1, 0.15) is 11.7 Å². The molecular weight excluding hydrogens is 364 g/mol. The predicted molar refractivity (Wildman–Crippen MR) is 109 cm³/mol. The van der Waals surface area contributed by atoms with Crippen molar-refractivity contribution in [2.24, 2.45) is 5.92 Å². The van der Waals surface area contributed by atoms with Crippen LogP contribution in [0.4, 0.5) is 5.69 Å². The second-order valence-corrected chi connectivity index (χ2v) is 7.47. The molecule has 0 unspecified atom stereocenters. The molecule has 2 bridgehead atoms. The maximum atomic E-state index is 13.2. The molecule has 1 saturated heterocycles. The first-order valence-electron chi connectivity index (χ1n) is 9.68. The Hall–Kier alpha value is -3.60. The van der Waals surface area contributed by atoms with Crippen molar-refractivity contribution in [3.63, 3.8) is 0 Å². The van der Waals surface area contributed by atoms with Crippen molar-refractivity contribution in [2.75, 3.05) is 5.32 Å². The van der Waals surface area contributed by atoms with Gasteiger partial charge in [0.25, 0.3) is 0 Å². The summed E-state index contributed by atoms with van der Waals surface area (Å²) < 4.78 is 6.33. The van der Waals surface area contributed by atoms with E-state index in [2.05, 4.69) is 10.6 Å². The molecular formula is C24H20N2O3. The highest BCUT2D eigenvalue weighted by molar-refractivity contribution is 6.08. The summed E-state index contributed by atoms with van der Waals surface area (Å²) in [6, 6.07) is 26.5. The van der Waals surface area contributed by atoms with E-state index in [0.29, 0.717) is 17.9 Å². The van der Waals surface area contributed by atoms with E-state index in [1.54, 1.807) is 0 Å². The first kappa shape index (κ1) is 17.5. The van der Waals surface area contributed by atoms with Gasteiger partial charge in [0.05, 0.1) is 0 Å². The molecule has 1 fully saturated rings. The van der Waals surface area contributed by atoms with Crippen molar-refractivity contribution in [1.82, 2.24) is 5.32 Å². The summed E-state index contributed by atoms with van der Waals surface area (Å²) in [7, 11) is 0. The molecule has 0 spiro atoms. The molecule has 3 aromatic carbocycles.